The first-order chi connectivity index (χ1) is 21.3. The lowest BCUT2D eigenvalue weighted by atomic mass is 10.0. The molecule has 0 aromatic rings. The second-order valence-electron chi connectivity index (χ2n) is 14.2. The predicted molar refractivity (Wildman–Crippen MR) is 195 cm³/mol. The summed E-state index contributed by atoms with van der Waals surface area (Å²) >= 11 is 0. The molecule has 0 saturated carbocycles. The highest BCUT2D eigenvalue weighted by molar-refractivity contribution is 5.46. The molecule has 0 rings (SSSR count). The van der Waals surface area contributed by atoms with Crippen LogP contribution in [0.4, 0.5) is 0 Å². The van der Waals surface area contributed by atoms with Gasteiger partial charge in [0.05, 0.1) is 0 Å². The minimum atomic E-state index is 0.973. The van der Waals surface area contributed by atoms with Gasteiger partial charge in [-0.1, -0.05) is 232 Å². The average Bonchev–Trinajstić information content (AvgIpc) is 3.02. The number of carbonyl (C=O) groups excluding carboxylic acids is 1. The van der Waals surface area contributed by atoms with Gasteiger partial charge in [-0.2, -0.15) is 0 Å². The van der Waals surface area contributed by atoms with Crippen LogP contribution in [0.25, 0.3) is 0 Å². The lowest BCUT2D eigenvalue weighted by Gasteiger charge is -2.17. The van der Waals surface area contributed by atoms with E-state index in [0.29, 0.717) is 0 Å². The summed E-state index contributed by atoms with van der Waals surface area (Å²) in [4.78, 5) is 13.5. The van der Waals surface area contributed by atoms with Gasteiger partial charge in [-0.3, -0.25) is 4.79 Å². The van der Waals surface area contributed by atoms with E-state index in [1.54, 1.807) is 0 Å². The smallest absolute Gasteiger partial charge is 0.209 e. The van der Waals surface area contributed by atoms with E-state index in [-0.39, 0.29) is 0 Å². The van der Waals surface area contributed by atoms with Crippen LogP contribution in [0.3, 0.4) is 0 Å². The summed E-state index contributed by atoms with van der Waals surface area (Å²) in [5.74, 6) is 0. The first-order valence-electron chi connectivity index (χ1n) is 20.5. The molecule has 0 saturated heterocycles. The van der Waals surface area contributed by atoms with E-state index in [9.17, 15) is 4.79 Å². The van der Waals surface area contributed by atoms with Gasteiger partial charge in [0, 0.05) is 13.1 Å². The Kier molecular flexibility index (Phi) is 39.0. The van der Waals surface area contributed by atoms with Crippen LogP contribution in [0, 0.1) is 0 Å². The summed E-state index contributed by atoms with van der Waals surface area (Å²) < 4.78 is 0. The highest BCUT2D eigenvalue weighted by Gasteiger charge is 2.02. The van der Waals surface area contributed by atoms with Crippen LogP contribution in [-0.4, -0.2) is 24.4 Å². The van der Waals surface area contributed by atoms with Crippen LogP contribution in [0.15, 0.2) is 0 Å². The molecule has 0 atom stereocenters. The molecule has 0 heterocycles. The fourth-order valence-electron chi connectivity index (χ4n) is 6.65. The topological polar surface area (TPSA) is 20.3 Å². The molecule has 0 aliphatic carbocycles. The maximum absolute atomic E-state index is 11.5. The monoisotopic (exact) mass is 606 g/mol. The van der Waals surface area contributed by atoms with E-state index < -0.39 is 0 Å². The van der Waals surface area contributed by atoms with Gasteiger partial charge < -0.3 is 4.90 Å². The Morgan fingerprint density at radius 1 is 0.279 bits per heavy atom. The molecule has 0 aromatic carbocycles. The van der Waals surface area contributed by atoms with Gasteiger partial charge in [0.15, 0.2) is 0 Å². The maximum atomic E-state index is 11.5. The van der Waals surface area contributed by atoms with Crippen molar-refractivity contribution in [2.75, 3.05) is 13.1 Å². The van der Waals surface area contributed by atoms with Gasteiger partial charge in [-0.05, 0) is 12.8 Å². The molecule has 0 bridgehead atoms. The first-order valence-corrected chi connectivity index (χ1v) is 20.5. The summed E-state index contributed by atoms with van der Waals surface area (Å²) in [5.41, 5.74) is 0. The minimum Gasteiger partial charge on any atom is -0.345 e. The van der Waals surface area contributed by atoms with Gasteiger partial charge in [0.25, 0.3) is 0 Å². The molecule has 0 spiro atoms. The zero-order valence-electron chi connectivity index (χ0n) is 30.3. The molecule has 0 N–H and O–H groups in total. The summed E-state index contributed by atoms with van der Waals surface area (Å²) in [6.45, 7) is 6.55. The summed E-state index contributed by atoms with van der Waals surface area (Å²) in [6.07, 6.45) is 52.0. The lowest BCUT2D eigenvalue weighted by Crippen LogP contribution is -2.24. The molecular weight excluding hydrogens is 522 g/mol. The number of unbranched alkanes of at least 4 members (excludes halogenated alkanes) is 34. The minimum absolute atomic E-state index is 0.973. The van der Waals surface area contributed by atoms with Gasteiger partial charge in [0.2, 0.25) is 6.41 Å². The van der Waals surface area contributed by atoms with Crippen LogP contribution < -0.4 is 0 Å². The Bertz CT molecular complexity index is 452. The Hall–Kier alpha value is -0.530. The molecule has 0 aliphatic heterocycles. The molecule has 0 aromatic heterocycles. The molecule has 43 heavy (non-hydrogen) atoms. The molecule has 258 valence electrons. The van der Waals surface area contributed by atoms with Crippen molar-refractivity contribution in [3.05, 3.63) is 0 Å². The van der Waals surface area contributed by atoms with Crippen LogP contribution >= 0.6 is 0 Å². The molecule has 2 heteroatoms. The molecule has 2 nitrogen and oxygen atoms in total. The number of hydrogen-bond acceptors (Lipinski definition) is 1. The Morgan fingerprint density at radius 3 is 0.605 bits per heavy atom. The normalized spacial score (nSPS) is 11.4. The molecule has 1 amide bonds. The maximum Gasteiger partial charge on any atom is 0.209 e. The van der Waals surface area contributed by atoms with Crippen molar-refractivity contribution in [1.29, 1.82) is 0 Å². The van der Waals surface area contributed by atoms with Gasteiger partial charge in [0.1, 0.15) is 0 Å². The van der Waals surface area contributed by atoms with Crippen LogP contribution in [-0.2, 0) is 4.79 Å². The average molecular weight is 606 g/mol. The highest BCUT2D eigenvalue weighted by atomic mass is 16.1. The summed E-state index contributed by atoms with van der Waals surface area (Å²) in [5, 5.41) is 0. The Morgan fingerprint density at radius 2 is 0.442 bits per heavy atom. The van der Waals surface area contributed by atoms with Crippen molar-refractivity contribution < 1.29 is 4.79 Å². The quantitative estimate of drug-likeness (QED) is 0.0504. The third-order valence-corrected chi connectivity index (χ3v) is 9.75. The van der Waals surface area contributed by atoms with E-state index in [0.717, 1.165) is 19.5 Å². The molecule has 0 aliphatic rings. The van der Waals surface area contributed by atoms with Crippen LogP contribution in [0.5, 0.6) is 0 Å². The van der Waals surface area contributed by atoms with Gasteiger partial charge in [-0.15, -0.1) is 0 Å². The Labute approximate surface area is 273 Å². The van der Waals surface area contributed by atoms with Crippen molar-refractivity contribution >= 4 is 6.41 Å². The number of amides is 1. The van der Waals surface area contributed by atoms with Crippen molar-refractivity contribution in [2.24, 2.45) is 0 Å². The van der Waals surface area contributed by atoms with E-state index in [4.69, 9.17) is 0 Å². The SMILES string of the molecule is CCCCCCCCCCCCCCCCCCCCN(C=O)CCCCCCCCCCCCCCCCCCCC. The zero-order valence-corrected chi connectivity index (χ0v) is 30.3. The van der Waals surface area contributed by atoms with E-state index in [1.165, 1.54) is 231 Å². The lowest BCUT2D eigenvalue weighted by molar-refractivity contribution is -0.118. The van der Waals surface area contributed by atoms with Crippen molar-refractivity contribution in [2.45, 2.75) is 245 Å². The van der Waals surface area contributed by atoms with Crippen LogP contribution in [0.2, 0.25) is 0 Å². The van der Waals surface area contributed by atoms with Gasteiger partial charge in [-0.25, -0.2) is 0 Å². The fourth-order valence-corrected chi connectivity index (χ4v) is 6.65. The summed E-state index contributed by atoms with van der Waals surface area (Å²) in [6, 6.07) is 0. The zero-order chi connectivity index (χ0) is 31.2. The molecule has 0 fully saturated rings. The second kappa shape index (κ2) is 39.5. The molecule has 0 radical (unpaired) electrons. The number of rotatable bonds is 39. The van der Waals surface area contributed by atoms with E-state index in [1.807, 2.05) is 4.90 Å². The first kappa shape index (κ1) is 42.5. The molecular formula is C41H83NO. The standard InChI is InChI=1S/C41H83NO/c1-3-5-7-9-11-13-15-17-19-21-23-25-27-29-31-33-35-37-39-42(41-43)40-38-36-34-32-30-28-26-24-22-20-18-16-14-12-10-8-6-4-2/h41H,3-40H2,1-2H3. The van der Waals surface area contributed by atoms with E-state index in [2.05, 4.69) is 13.8 Å². The van der Waals surface area contributed by atoms with Crippen molar-refractivity contribution in [3.63, 3.8) is 0 Å². The second-order valence-corrected chi connectivity index (χ2v) is 14.2. The third kappa shape index (κ3) is 37.6. The van der Waals surface area contributed by atoms with Crippen molar-refractivity contribution in [1.82, 2.24) is 4.90 Å². The summed E-state index contributed by atoms with van der Waals surface area (Å²) in [7, 11) is 0. The number of carbonyl (C=O) groups is 1. The largest absolute Gasteiger partial charge is 0.345 e. The molecule has 0 unspecified atom stereocenters. The highest BCUT2D eigenvalue weighted by Crippen LogP contribution is 2.16. The van der Waals surface area contributed by atoms with Gasteiger partial charge >= 0.3 is 0 Å². The predicted octanol–water partition coefficient (Wildman–Crippen LogP) is 14.5. The number of hydrogen-bond donors (Lipinski definition) is 0. The third-order valence-electron chi connectivity index (χ3n) is 9.75. The van der Waals surface area contributed by atoms with Crippen LogP contribution in [0.1, 0.15) is 245 Å². The Balaban J connectivity index is 3.24. The number of nitrogens with zero attached hydrogens (tertiary/aromatic N) is 1. The van der Waals surface area contributed by atoms with E-state index >= 15 is 0 Å². The van der Waals surface area contributed by atoms with Crippen molar-refractivity contribution in [3.8, 4) is 0 Å². The fraction of sp³-hybridized carbons (Fsp3) is 0.976.